The van der Waals surface area contributed by atoms with Crippen LogP contribution in [0.15, 0.2) is 5.18 Å². The third-order valence-electron chi connectivity index (χ3n) is 1.01. The molecule has 0 heterocycles. The Morgan fingerprint density at radius 1 is 1.80 bits per heavy atom. The standard InChI is InChI=1S/C5H9NO3S/c1-10-3-2-4(6-9)5(7)8/h4H,2-3H2,1H3,(H,7,8)/t4-/m0/s1. The molecule has 0 amide bonds. The van der Waals surface area contributed by atoms with E-state index < -0.39 is 12.0 Å². The molecule has 0 unspecified atom stereocenters. The molecule has 1 N–H and O–H groups in total. The number of carboxylic acid groups (broad SMARTS) is 1. The highest BCUT2D eigenvalue weighted by Gasteiger charge is 2.16. The van der Waals surface area contributed by atoms with Crippen LogP contribution in [0.1, 0.15) is 6.42 Å². The van der Waals surface area contributed by atoms with E-state index in [9.17, 15) is 9.70 Å². The van der Waals surface area contributed by atoms with Gasteiger partial charge in [-0.2, -0.15) is 11.8 Å². The smallest absolute Gasteiger partial charge is 0.332 e. The number of rotatable bonds is 5. The van der Waals surface area contributed by atoms with Crippen molar-refractivity contribution >= 4 is 17.7 Å². The van der Waals surface area contributed by atoms with Crippen LogP contribution in [-0.2, 0) is 4.79 Å². The van der Waals surface area contributed by atoms with E-state index in [4.69, 9.17) is 5.11 Å². The monoisotopic (exact) mass is 163 g/mol. The van der Waals surface area contributed by atoms with Crippen molar-refractivity contribution in [1.29, 1.82) is 0 Å². The van der Waals surface area contributed by atoms with Gasteiger partial charge in [-0.25, -0.2) is 4.79 Å². The van der Waals surface area contributed by atoms with E-state index in [1.165, 1.54) is 11.8 Å². The lowest BCUT2D eigenvalue weighted by molar-refractivity contribution is -0.138. The van der Waals surface area contributed by atoms with E-state index >= 15 is 0 Å². The van der Waals surface area contributed by atoms with Gasteiger partial charge in [-0.1, -0.05) is 5.18 Å². The zero-order valence-corrected chi connectivity index (χ0v) is 6.43. The molecular formula is C5H9NO3S. The van der Waals surface area contributed by atoms with Crippen LogP contribution in [0.5, 0.6) is 0 Å². The van der Waals surface area contributed by atoms with Gasteiger partial charge in [-0.3, -0.25) is 0 Å². The third-order valence-corrected chi connectivity index (χ3v) is 1.65. The van der Waals surface area contributed by atoms with E-state index in [1.807, 2.05) is 6.26 Å². The minimum Gasteiger partial charge on any atom is -0.480 e. The Kier molecular flexibility index (Phi) is 4.92. The highest BCUT2D eigenvalue weighted by Crippen LogP contribution is 2.03. The molecule has 10 heavy (non-hydrogen) atoms. The summed E-state index contributed by atoms with van der Waals surface area (Å²) in [5.41, 5.74) is 0. The number of hydrogen-bond donors (Lipinski definition) is 1. The van der Waals surface area contributed by atoms with E-state index in [2.05, 4.69) is 5.18 Å². The fraction of sp³-hybridized carbons (Fsp3) is 0.800. The molecule has 0 aliphatic rings. The van der Waals surface area contributed by atoms with Crippen molar-refractivity contribution in [2.45, 2.75) is 12.5 Å². The van der Waals surface area contributed by atoms with Crippen molar-refractivity contribution in [3.05, 3.63) is 4.91 Å². The Bertz CT molecular complexity index is 128. The topological polar surface area (TPSA) is 66.7 Å². The van der Waals surface area contributed by atoms with E-state index in [0.717, 1.165) is 0 Å². The summed E-state index contributed by atoms with van der Waals surface area (Å²) in [6.45, 7) is 0. The maximum absolute atomic E-state index is 10.1. The molecule has 0 saturated carbocycles. The van der Waals surface area contributed by atoms with Crippen molar-refractivity contribution in [1.82, 2.24) is 0 Å². The molecule has 0 spiro atoms. The van der Waals surface area contributed by atoms with Gasteiger partial charge < -0.3 is 5.11 Å². The van der Waals surface area contributed by atoms with Crippen molar-refractivity contribution in [2.24, 2.45) is 5.18 Å². The SMILES string of the molecule is CSCC[C@H](N=O)C(=O)O. The van der Waals surface area contributed by atoms with E-state index in [-0.39, 0.29) is 0 Å². The maximum atomic E-state index is 10.1. The Morgan fingerprint density at radius 3 is 2.70 bits per heavy atom. The molecule has 5 heteroatoms. The first-order chi connectivity index (χ1) is 4.72. The number of carbonyl (C=O) groups is 1. The summed E-state index contributed by atoms with van der Waals surface area (Å²) >= 11 is 1.50. The molecule has 4 nitrogen and oxygen atoms in total. The molecular weight excluding hydrogens is 154 g/mol. The van der Waals surface area contributed by atoms with Gasteiger partial charge in [0, 0.05) is 0 Å². The largest absolute Gasteiger partial charge is 0.480 e. The van der Waals surface area contributed by atoms with Crippen LogP contribution in [0, 0.1) is 4.91 Å². The van der Waals surface area contributed by atoms with Crippen molar-refractivity contribution in [3.63, 3.8) is 0 Å². The van der Waals surface area contributed by atoms with Gasteiger partial charge in [-0.15, -0.1) is 4.91 Å². The van der Waals surface area contributed by atoms with Crippen LogP contribution >= 0.6 is 11.8 Å². The molecule has 0 aliphatic carbocycles. The van der Waals surface area contributed by atoms with Crippen LogP contribution in [0.2, 0.25) is 0 Å². The summed E-state index contributed by atoms with van der Waals surface area (Å²) in [6, 6.07) is -1.06. The van der Waals surface area contributed by atoms with Crippen molar-refractivity contribution in [2.75, 3.05) is 12.0 Å². The van der Waals surface area contributed by atoms with Crippen LogP contribution in [0.25, 0.3) is 0 Å². The van der Waals surface area contributed by atoms with Gasteiger partial charge in [0.05, 0.1) is 0 Å². The zero-order valence-electron chi connectivity index (χ0n) is 5.61. The van der Waals surface area contributed by atoms with Crippen LogP contribution in [-0.4, -0.2) is 29.1 Å². The molecule has 0 aromatic heterocycles. The van der Waals surface area contributed by atoms with Gasteiger partial charge in [0.25, 0.3) is 0 Å². The van der Waals surface area contributed by atoms with E-state index in [1.54, 1.807) is 0 Å². The van der Waals surface area contributed by atoms with Gasteiger partial charge in [0.15, 0.2) is 6.04 Å². The molecule has 0 rings (SSSR count). The van der Waals surface area contributed by atoms with Crippen molar-refractivity contribution in [3.8, 4) is 0 Å². The average molecular weight is 163 g/mol. The fourth-order valence-electron chi connectivity index (χ4n) is 0.451. The lowest BCUT2D eigenvalue weighted by Gasteiger charge is -1.99. The number of nitroso groups, excluding NO2 is 1. The fourth-order valence-corrected chi connectivity index (χ4v) is 0.910. The molecule has 0 saturated heterocycles. The summed E-state index contributed by atoms with van der Waals surface area (Å²) in [5.74, 6) is -0.480. The van der Waals surface area contributed by atoms with Crippen molar-refractivity contribution < 1.29 is 9.90 Å². The quantitative estimate of drug-likeness (QED) is 0.613. The summed E-state index contributed by atoms with van der Waals surface area (Å²) in [4.78, 5) is 19.9. The molecule has 0 aromatic carbocycles. The first kappa shape index (κ1) is 9.42. The van der Waals surface area contributed by atoms with Gasteiger partial charge in [0.1, 0.15) is 0 Å². The Morgan fingerprint density at radius 2 is 2.40 bits per heavy atom. The molecule has 0 aromatic rings. The van der Waals surface area contributed by atoms with Crippen LogP contribution in [0.4, 0.5) is 0 Å². The second-order valence-electron chi connectivity index (χ2n) is 1.74. The molecule has 0 radical (unpaired) electrons. The molecule has 0 aliphatic heterocycles. The normalized spacial score (nSPS) is 12.5. The Hall–Kier alpha value is -0.580. The van der Waals surface area contributed by atoms with Gasteiger partial charge in [0.2, 0.25) is 0 Å². The second kappa shape index (κ2) is 5.22. The maximum Gasteiger partial charge on any atom is 0.332 e. The number of carboxylic acids is 1. The highest BCUT2D eigenvalue weighted by atomic mass is 32.2. The predicted molar refractivity (Wildman–Crippen MR) is 40.2 cm³/mol. The number of thioether (sulfide) groups is 1. The molecule has 58 valence electrons. The van der Waals surface area contributed by atoms with Gasteiger partial charge in [-0.05, 0) is 18.4 Å². The second-order valence-corrected chi connectivity index (χ2v) is 2.73. The molecule has 0 bridgehead atoms. The Labute approximate surface area is 63.0 Å². The summed E-state index contributed by atoms with van der Waals surface area (Å²) in [5, 5.41) is 10.8. The number of nitrogens with zero attached hydrogens (tertiary/aromatic N) is 1. The minimum atomic E-state index is -1.14. The third kappa shape index (κ3) is 3.45. The molecule has 1 atom stereocenters. The number of aliphatic carboxylic acids is 1. The van der Waals surface area contributed by atoms with E-state index in [0.29, 0.717) is 12.2 Å². The summed E-state index contributed by atoms with van der Waals surface area (Å²) in [7, 11) is 0. The van der Waals surface area contributed by atoms with Crippen LogP contribution < -0.4 is 0 Å². The average Bonchev–Trinajstić information content (AvgIpc) is 1.89. The first-order valence-corrected chi connectivity index (χ1v) is 4.16. The lowest BCUT2D eigenvalue weighted by Crippen LogP contribution is -2.17. The lowest BCUT2D eigenvalue weighted by atomic mass is 10.2. The Balaban J connectivity index is 3.60. The van der Waals surface area contributed by atoms with Gasteiger partial charge >= 0.3 is 5.97 Å². The first-order valence-electron chi connectivity index (χ1n) is 2.76. The number of hydrogen-bond acceptors (Lipinski definition) is 4. The zero-order chi connectivity index (χ0) is 7.98. The summed E-state index contributed by atoms with van der Waals surface area (Å²) < 4.78 is 0. The van der Waals surface area contributed by atoms with Crippen LogP contribution in [0.3, 0.4) is 0 Å². The summed E-state index contributed by atoms with van der Waals surface area (Å²) in [6.07, 6.45) is 2.17. The molecule has 0 fully saturated rings. The predicted octanol–water partition coefficient (Wildman–Crippen LogP) is 0.959. The highest BCUT2D eigenvalue weighted by molar-refractivity contribution is 7.98. The minimum absolute atomic E-state index is 0.319.